The van der Waals surface area contributed by atoms with Gasteiger partial charge in [-0.1, -0.05) is 226 Å². The summed E-state index contributed by atoms with van der Waals surface area (Å²) in [4.78, 5) is 0. The standard InChI is InChI=1S/2C26H20.C2H6/c1-19-11-10-18-24-25(19)22-16-8-9-17-23(22)26(24,20-12-4-2-5-13-20)21-14-6-3-7-15-21;1-19-16-17-23-22-14-8-9-15-24(22)26(25(23)18-19,20-10-4-2-5-11-20)21-12-6-3-7-13-21;1-2/h2*2-18H,1H3;1-2H3. The molecule has 10 rings (SSSR count). The Morgan fingerprint density at radius 1 is 0.296 bits per heavy atom. The SMILES string of the molecule is CC.Cc1ccc2c(c1)C(c1ccccc1)(c1ccccc1)c1ccccc1-2.Cc1cccc2c1-c1ccccc1C2(c1ccccc1)c1ccccc1. The van der Waals surface area contributed by atoms with Crippen LogP contribution in [0.2, 0.25) is 0 Å². The first-order valence-corrected chi connectivity index (χ1v) is 19.3. The molecular weight excluding hydrogens is 649 g/mol. The maximum absolute atomic E-state index is 2.37. The highest BCUT2D eigenvalue weighted by atomic mass is 14.5. The summed E-state index contributed by atoms with van der Waals surface area (Å²) in [7, 11) is 0. The van der Waals surface area contributed by atoms with Gasteiger partial charge in [0.05, 0.1) is 10.8 Å². The maximum atomic E-state index is 2.37. The molecule has 8 aromatic rings. The van der Waals surface area contributed by atoms with Gasteiger partial charge in [-0.25, -0.2) is 0 Å². The van der Waals surface area contributed by atoms with E-state index < -0.39 is 0 Å². The lowest BCUT2D eigenvalue weighted by Gasteiger charge is -2.34. The summed E-state index contributed by atoms with van der Waals surface area (Å²) in [5.41, 5.74) is 18.3. The summed E-state index contributed by atoms with van der Waals surface area (Å²) >= 11 is 0. The van der Waals surface area contributed by atoms with E-state index in [4.69, 9.17) is 0 Å². The summed E-state index contributed by atoms with van der Waals surface area (Å²) in [6.07, 6.45) is 0. The minimum absolute atomic E-state index is 0.263. The second-order valence-electron chi connectivity index (χ2n) is 14.1. The number of benzene rings is 8. The molecule has 54 heavy (non-hydrogen) atoms. The van der Waals surface area contributed by atoms with Crippen molar-refractivity contribution >= 4 is 0 Å². The van der Waals surface area contributed by atoms with Crippen molar-refractivity contribution in [2.45, 2.75) is 38.5 Å². The molecule has 0 radical (unpaired) electrons. The number of fused-ring (bicyclic) bond motifs is 6. The number of rotatable bonds is 4. The van der Waals surface area contributed by atoms with Gasteiger partial charge in [-0.3, -0.25) is 0 Å². The van der Waals surface area contributed by atoms with Crippen molar-refractivity contribution in [1.29, 1.82) is 0 Å². The lowest BCUT2D eigenvalue weighted by Crippen LogP contribution is -2.28. The predicted molar refractivity (Wildman–Crippen MR) is 228 cm³/mol. The van der Waals surface area contributed by atoms with Gasteiger partial charge in [0.25, 0.3) is 0 Å². The minimum atomic E-state index is -0.263. The molecule has 2 aliphatic carbocycles. The lowest BCUT2D eigenvalue weighted by atomic mass is 9.67. The molecule has 0 saturated carbocycles. The average Bonchev–Trinajstić information content (AvgIpc) is 3.72. The van der Waals surface area contributed by atoms with E-state index in [1.54, 1.807) is 0 Å². The van der Waals surface area contributed by atoms with E-state index in [1.165, 1.54) is 77.9 Å². The maximum Gasteiger partial charge on any atom is 0.0713 e. The lowest BCUT2D eigenvalue weighted by molar-refractivity contribution is 0.767. The van der Waals surface area contributed by atoms with Gasteiger partial charge in [-0.05, 0) is 86.2 Å². The van der Waals surface area contributed by atoms with Crippen molar-refractivity contribution in [2.75, 3.05) is 0 Å². The van der Waals surface area contributed by atoms with Crippen LogP contribution in [0.25, 0.3) is 22.3 Å². The second kappa shape index (κ2) is 14.6. The van der Waals surface area contributed by atoms with Crippen LogP contribution in [0.5, 0.6) is 0 Å². The Kier molecular flexibility index (Phi) is 9.45. The molecule has 0 atom stereocenters. The Hall–Kier alpha value is -6.24. The summed E-state index contributed by atoms with van der Waals surface area (Å²) < 4.78 is 0. The molecule has 0 heterocycles. The van der Waals surface area contributed by atoms with E-state index in [0.717, 1.165) is 0 Å². The van der Waals surface area contributed by atoms with Gasteiger partial charge in [-0.2, -0.15) is 0 Å². The number of hydrogen-bond donors (Lipinski definition) is 0. The van der Waals surface area contributed by atoms with Gasteiger partial charge < -0.3 is 0 Å². The third kappa shape index (κ3) is 5.36. The molecule has 2 aliphatic rings. The molecule has 0 aromatic heterocycles. The highest BCUT2D eigenvalue weighted by Crippen LogP contribution is 2.57. The largest absolute Gasteiger partial charge is 0.0713 e. The highest BCUT2D eigenvalue weighted by Gasteiger charge is 2.47. The summed E-state index contributed by atoms with van der Waals surface area (Å²) in [6.45, 7) is 8.41. The number of hydrogen-bond acceptors (Lipinski definition) is 0. The summed E-state index contributed by atoms with van der Waals surface area (Å²) in [6, 6.07) is 75.1. The van der Waals surface area contributed by atoms with Crippen LogP contribution in [0.4, 0.5) is 0 Å². The first kappa shape index (κ1) is 34.8. The molecule has 262 valence electrons. The van der Waals surface area contributed by atoms with Gasteiger partial charge in [-0.15, -0.1) is 0 Å². The molecule has 0 amide bonds. The van der Waals surface area contributed by atoms with Gasteiger partial charge in [0.2, 0.25) is 0 Å². The fourth-order valence-electron chi connectivity index (χ4n) is 9.23. The molecule has 0 heteroatoms. The fourth-order valence-corrected chi connectivity index (χ4v) is 9.23. The van der Waals surface area contributed by atoms with Crippen LogP contribution >= 0.6 is 0 Å². The molecule has 0 spiro atoms. The van der Waals surface area contributed by atoms with Crippen LogP contribution in [-0.2, 0) is 10.8 Å². The Morgan fingerprint density at radius 3 is 1.17 bits per heavy atom. The zero-order chi connectivity index (χ0) is 37.1. The molecule has 8 aromatic carbocycles. The molecule has 0 nitrogen and oxygen atoms in total. The zero-order valence-electron chi connectivity index (χ0n) is 31.6. The monoisotopic (exact) mass is 694 g/mol. The molecule has 0 fully saturated rings. The fraction of sp³-hybridized carbons (Fsp3) is 0.111. The van der Waals surface area contributed by atoms with Crippen LogP contribution in [0.1, 0.15) is 69.5 Å². The van der Waals surface area contributed by atoms with E-state index >= 15 is 0 Å². The van der Waals surface area contributed by atoms with E-state index in [0.29, 0.717) is 0 Å². The van der Waals surface area contributed by atoms with Crippen molar-refractivity contribution in [2.24, 2.45) is 0 Å². The predicted octanol–water partition coefficient (Wildman–Crippen LogP) is 13.7. The quantitative estimate of drug-likeness (QED) is 0.172. The Labute approximate surface area is 321 Å². The van der Waals surface area contributed by atoms with Crippen LogP contribution < -0.4 is 0 Å². The number of aryl methyl sites for hydroxylation is 2. The first-order valence-electron chi connectivity index (χ1n) is 19.3. The summed E-state index contributed by atoms with van der Waals surface area (Å²) in [5, 5.41) is 0. The third-order valence-electron chi connectivity index (χ3n) is 11.3. The molecular formula is C54H46. The van der Waals surface area contributed by atoms with Crippen LogP contribution in [0, 0.1) is 13.8 Å². The van der Waals surface area contributed by atoms with Gasteiger partial charge >= 0.3 is 0 Å². The summed E-state index contributed by atoms with van der Waals surface area (Å²) in [5.74, 6) is 0. The van der Waals surface area contributed by atoms with Crippen molar-refractivity contribution in [3.63, 3.8) is 0 Å². The average molecular weight is 695 g/mol. The second-order valence-corrected chi connectivity index (χ2v) is 14.1. The van der Waals surface area contributed by atoms with Gasteiger partial charge in [0.15, 0.2) is 0 Å². The molecule has 0 bridgehead atoms. The van der Waals surface area contributed by atoms with Crippen LogP contribution in [0.15, 0.2) is 206 Å². The van der Waals surface area contributed by atoms with E-state index in [1.807, 2.05) is 13.8 Å². The van der Waals surface area contributed by atoms with Crippen molar-refractivity contribution in [3.05, 3.63) is 262 Å². The Morgan fingerprint density at radius 2 is 0.667 bits per heavy atom. The van der Waals surface area contributed by atoms with Crippen LogP contribution in [0.3, 0.4) is 0 Å². The van der Waals surface area contributed by atoms with Crippen molar-refractivity contribution < 1.29 is 0 Å². The van der Waals surface area contributed by atoms with E-state index in [9.17, 15) is 0 Å². The zero-order valence-corrected chi connectivity index (χ0v) is 31.6. The molecule has 0 unspecified atom stereocenters. The van der Waals surface area contributed by atoms with Crippen molar-refractivity contribution in [1.82, 2.24) is 0 Å². The minimum Gasteiger partial charge on any atom is -0.0683 e. The Bertz CT molecular complexity index is 2350. The van der Waals surface area contributed by atoms with Crippen LogP contribution in [-0.4, -0.2) is 0 Å². The molecule has 0 N–H and O–H groups in total. The Balaban J connectivity index is 0.000000147. The van der Waals surface area contributed by atoms with Gasteiger partial charge in [0, 0.05) is 0 Å². The normalized spacial score (nSPS) is 13.5. The molecule has 0 aliphatic heterocycles. The molecule has 0 saturated heterocycles. The van der Waals surface area contributed by atoms with E-state index in [-0.39, 0.29) is 10.8 Å². The highest BCUT2D eigenvalue weighted by molar-refractivity contribution is 5.88. The third-order valence-corrected chi connectivity index (χ3v) is 11.3. The first-order chi connectivity index (χ1) is 26.6. The van der Waals surface area contributed by atoms with E-state index in [2.05, 4.69) is 220 Å². The van der Waals surface area contributed by atoms with Gasteiger partial charge in [0.1, 0.15) is 0 Å². The smallest absolute Gasteiger partial charge is 0.0683 e. The van der Waals surface area contributed by atoms with Crippen molar-refractivity contribution in [3.8, 4) is 22.3 Å². The topological polar surface area (TPSA) is 0 Å².